The fraction of sp³-hybridized carbons (Fsp3) is 0.636. The van der Waals surface area contributed by atoms with Gasteiger partial charge in [-0.1, -0.05) is 22.6 Å². The zero-order chi connectivity index (χ0) is 13.7. The molecule has 0 radical (unpaired) electrons. The van der Waals surface area contributed by atoms with Gasteiger partial charge in [-0.25, -0.2) is 9.59 Å². The number of ether oxygens (including phenoxy) is 2. The summed E-state index contributed by atoms with van der Waals surface area (Å²) in [4.78, 5) is 23.2. The van der Waals surface area contributed by atoms with Crippen molar-refractivity contribution in [2.24, 2.45) is 0 Å². The van der Waals surface area contributed by atoms with Gasteiger partial charge in [0.05, 0.1) is 7.11 Å². The molecule has 0 saturated heterocycles. The van der Waals surface area contributed by atoms with Crippen LogP contribution < -0.4 is 5.32 Å². The Kier molecular flexibility index (Phi) is 5.94. The summed E-state index contributed by atoms with van der Waals surface area (Å²) in [7, 11) is 1.26. The van der Waals surface area contributed by atoms with Crippen LogP contribution in [0.1, 0.15) is 27.7 Å². The lowest BCUT2D eigenvalue weighted by atomic mass is 10.0. The van der Waals surface area contributed by atoms with Crippen LogP contribution >= 0.6 is 22.6 Å². The molecule has 0 rings (SSSR count). The molecule has 0 aromatic carbocycles. The van der Waals surface area contributed by atoms with Crippen LogP contribution in [0.5, 0.6) is 0 Å². The van der Waals surface area contributed by atoms with Crippen LogP contribution in [0.4, 0.5) is 4.79 Å². The minimum Gasteiger partial charge on any atom is -0.467 e. The second-order valence-electron chi connectivity index (χ2n) is 4.61. The molecule has 0 aliphatic heterocycles. The first-order valence-electron chi connectivity index (χ1n) is 5.02. The number of alkyl carbamates (subject to hydrolysis) is 1. The Balaban J connectivity index is 4.78. The highest BCUT2D eigenvalue weighted by Gasteiger charge is 2.34. The van der Waals surface area contributed by atoms with Crippen LogP contribution in [0.2, 0.25) is 0 Å². The van der Waals surface area contributed by atoms with E-state index in [-0.39, 0.29) is 0 Å². The Hall–Kier alpha value is -0.790. The third kappa shape index (κ3) is 5.90. The van der Waals surface area contributed by atoms with Crippen molar-refractivity contribution >= 4 is 34.7 Å². The number of carbonyl (C=O) groups is 2. The first kappa shape index (κ1) is 16.2. The van der Waals surface area contributed by atoms with Crippen LogP contribution in [0.25, 0.3) is 0 Å². The molecular formula is C11H18INO4. The topological polar surface area (TPSA) is 64.6 Å². The number of carbonyl (C=O) groups excluding carboxylic acids is 2. The van der Waals surface area contributed by atoms with Crippen molar-refractivity contribution < 1.29 is 19.1 Å². The summed E-state index contributed by atoms with van der Waals surface area (Å²) < 4.78 is 11.3. The van der Waals surface area contributed by atoms with E-state index in [1.165, 1.54) is 20.1 Å². The van der Waals surface area contributed by atoms with Crippen LogP contribution in [0, 0.1) is 0 Å². The molecule has 0 fully saturated rings. The fourth-order valence-electron chi connectivity index (χ4n) is 1.01. The molecule has 5 nitrogen and oxygen atoms in total. The molecule has 0 aromatic rings. The lowest BCUT2D eigenvalue weighted by molar-refractivity contribution is -0.145. The van der Waals surface area contributed by atoms with Gasteiger partial charge in [-0.2, -0.15) is 0 Å². The van der Waals surface area contributed by atoms with Gasteiger partial charge in [0.15, 0.2) is 5.54 Å². The average Bonchev–Trinajstić information content (AvgIpc) is 2.13. The quantitative estimate of drug-likeness (QED) is 0.627. The van der Waals surface area contributed by atoms with Crippen LogP contribution in [-0.4, -0.2) is 30.3 Å². The SMILES string of the molecule is COC(=O)[C@@](C)(/C=C/[123I])NC(=O)OC(C)(C)C. The van der Waals surface area contributed by atoms with Gasteiger partial charge in [0.25, 0.3) is 0 Å². The number of halogens is 1. The van der Waals surface area contributed by atoms with Gasteiger partial charge in [0, 0.05) is 0 Å². The summed E-state index contributed by atoms with van der Waals surface area (Å²) in [6, 6.07) is 0. The molecule has 6 heteroatoms. The number of nitrogens with one attached hydrogen (secondary N) is 1. The molecule has 1 amide bonds. The summed E-state index contributed by atoms with van der Waals surface area (Å²) in [6.07, 6.45) is 0.864. The highest BCUT2D eigenvalue weighted by molar-refractivity contribution is 14.1. The first-order chi connectivity index (χ1) is 7.64. The van der Waals surface area contributed by atoms with Crippen molar-refractivity contribution in [2.75, 3.05) is 7.11 Å². The van der Waals surface area contributed by atoms with Crippen LogP contribution in [0.15, 0.2) is 10.2 Å². The zero-order valence-electron chi connectivity index (χ0n) is 10.7. The third-order valence-electron chi connectivity index (χ3n) is 1.77. The van der Waals surface area contributed by atoms with Crippen molar-refractivity contribution in [3.8, 4) is 0 Å². The van der Waals surface area contributed by atoms with E-state index in [1.807, 2.05) is 22.6 Å². The van der Waals surface area contributed by atoms with Gasteiger partial charge in [0.1, 0.15) is 5.60 Å². The largest absolute Gasteiger partial charge is 0.467 e. The zero-order valence-corrected chi connectivity index (χ0v) is 12.8. The van der Waals surface area contributed by atoms with Crippen LogP contribution in [-0.2, 0) is 14.3 Å². The fourth-order valence-corrected chi connectivity index (χ4v) is 1.73. The monoisotopic (exact) mass is 351 g/mol. The van der Waals surface area contributed by atoms with E-state index >= 15 is 0 Å². The Morgan fingerprint density at radius 2 is 1.76 bits per heavy atom. The minimum absolute atomic E-state index is 0.559. The van der Waals surface area contributed by atoms with Gasteiger partial charge in [-0.15, -0.1) is 0 Å². The second kappa shape index (κ2) is 6.23. The molecule has 0 spiro atoms. The number of esters is 1. The third-order valence-corrected chi connectivity index (χ3v) is 2.13. The Labute approximate surface area is 115 Å². The average molecular weight is 351 g/mol. The van der Waals surface area contributed by atoms with Gasteiger partial charge in [-0.3, -0.25) is 0 Å². The van der Waals surface area contributed by atoms with Crippen molar-refractivity contribution in [3.05, 3.63) is 10.2 Å². The molecule has 0 aliphatic carbocycles. The molecule has 98 valence electrons. The van der Waals surface area contributed by atoms with Crippen LogP contribution in [0.3, 0.4) is 0 Å². The number of methoxy groups -OCH3 is 1. The molecule has 0 aliphatic rings. The predicted molar refractivity (Wildman–Crippen MR) is 73.0 cm³/mol. The lowest BCUT2D eigenvalue weighted by Gasteiger charge is -2.27. The van der Waals surface area contributed by atoms with Gasteiger partial charge >= 0.3 is 12.1 Å². The molecule has 17 heavy (non-hydrogen) atoms. The Morgan fingerprint density at radius 3 is 2.12 bits per heavy atom. The standard InChI is InChI=1S/C11H18INO4/c1-10(2,3)17-9(15)13-11(4,6-7-12)8(14)16-5/h6-7H,1-5H3,(H,13,15)/b7-6+/t11-/m1/s1/i12-4. The van der Waals surface area contributed by atoms with Gasteiger partial charge < -0.3 is 14.8 Å². The van der Waals surface area contributed by atoms with E-state index in [2.05, 4.69) is 10.1 Å². The van der Waals surface area contributed by atoms with E-state index in [0.29, 0.717) is 0 Å². The number of hydrogen-bond acceptors (Lipinski definition) is 4. The summed E-state index contributed by atoms with van der Waals surface area (Å²) in [5.41, 5.74) is -1.84. The molecule has 1 atom stereocenters. The Morgan fingerprint density at radius 1 is 1.24 bits per heavy atom. The molecule has 0 saturated carbocycles. The van der Waals surface area contributed by atoms with E-state index < -0.39 is 23.2 Å². The number of hydrogen-bond donors (Lipinski definition) is 1. The number of rotatable bonds is 3. The lowest BCUT2D eigenvalue weighted by Crippen LogP contribution is -2.52. The normalized spacial score (nSPS) is 15.2. The molecular weight excluding hydrogens is 333 g/mol. The minimum atomic E-state index is -1.22. The first-order valence-corrected chi connectivity index (χ1v) is 6.26. The number of amides is 1. The van der Waals surface area contributed by atoms with Crippen molar-refractivity contribution in [1.29, 1.82) is 0 Å². The summed E-state index contributed by atoms with van der Waals surface area (Å²) >= 11 is 1.96. The van der Waals surface area contributed by atoms with E-state index in [4.69, 9.17) is 4.74 Å². The molecule has 0 heterocycles. The summed E-state index contributed by atoms with van der Waals surface area (Å²) in [5, 5.41) is 2.47. The predicted octanol–water partition coefficient (Wildman–Crippen LogP) is 2.39. The van der Waals surface area contributed by atoms with Crippen molar-refractivity contribution in [3.63, 3.8) is 0 Å². The molecule has 0 unspecified atom stereocenters. The maximum atomic E-state index is 11.6. The van der Waals surface area contributed by atoms with E-state index in [1.54, 1.807) is 24.9 Å². The maximum absolute atomic E-state index is 11.6. The Bertz CT molecular complexity index is 322. The summed E-state index contributed by atoms with van der Waals surface area (Å²) in [6.45, 7) is 6.78. The maximum Gasteiger partial charge on any atom is 0.408 e. The highest BCUT2D eigenvalue weighted by Crippen LogP contribution is 2.13. The highest BCUT2D eigenvalue weighted by atomic mass is 123. The van der Waals surface area contributed by atoms with Crippen molar-refractivity contribution in [2.45, 2.75) is 38.8 Å². The molecule has 1 N–H and O–H groups in total. The van der Waals surface area contributed by atoms with E-state index in [0.717, 1.165) is 0 Å². The smallest absolute Gasteiger partial charge is 0.408 e. The molecule has 0 bridgehead atoms. The van der Waals surface area contributed by atoms with Gasteiger partial charge in [-0.05, 0) is 37.9 Å². The molecule has 0 aromatic heterocycles. The summed E-state index contributed by atoms with van der Waals surface area (Å²) in [5.74, 6) is -0.559. The van der Waals surface area contributed by atoms with Crippen molar-refractivity contribution in [1.82, 2.24) is 5.32 Å². The van der Waals surface area contributed by atoms with Gasteiger partial charge in [0.2, 0.25) is 0 Å². The van der Waals surface area contributed by atoms with E-state index in [9.17, 15) is 9.59 Å². The second-order valence-corrected chi connectivity index (χ2v) is 5.33.